The monoisotopic (exact) mass is 267 g/mol. The van der Waals surface area contributed by atoms with Gasteiger partial charge in [-0.25, -0.2) is 0 Å². The summed E-state index contributed by atoms with van der Waals surface area (Å²) in [7, 11) is 0. The molecule has 0 aromatic heterocycles. The van der Waals surface area contributed by atoms with Crippen molar-refractivity contribution >= 4 is 48.8 Å². The predicted octanol–water partition coefficient (Wildman–Crippen LogP) is 5.32. The van der Waals surface area contributed by atoms with E-state index in [1.54, 1.807) is 0 Å². The SMILES string of the molecule is Nc1ccc2ccc3cccc4c5ccccc5c1c2c34. The minimum atomic E-state index is 0.858. The maximum atomic E-state index is 6.33. The van der Waals surface area contributed by atoms with Crippen molar-refractivity contribution in [1.29, 1.82) is 0 Å². The summed E-state index contributed by atoms with van der Waals surface area (Å²) in [5.41, 5.74) is 7.19. The number of anilines is 1. The fourth-order valence-corrected chi connectivity index (χ4v) is 3.66. The molecule has 5 rings (SSSR count). The lowest BCUT2D eigenvalue weighted by Crippen LogP contribution is -1.92. The highest BCUT2D eigenvalue weighted by Crippen LogP contribution is 2.42. The molecule has 5 aromatic rings. The first-order valence-corrected chi connectivity index (χ1v) is 7.18. The summed E-state index contributed by atoms with van der Waals surface area (Å²) in [6.07, 6.45) is 0. The van der Waals surface area contributed by atoms with Crippen molar-refractivity contribution in [2.75, 3.05) is 5.73 Å². The smallest absolute Gasteiger partial charge is 0.0400 e. The predicted molar refractivity (Wildman–Crippen MR) is 92.1 cm³/mol. The third-order valence-electron chi connectivity index (χ3n) is 4.55. The summed E-state index contributed by atoms with van der Waals surface area (Å²) < 4.78 is 0. The Hall–Kier alpha value is -2.80. The van der Waals surface area contributed by atoms with Gasteiger partial charge in [0.15, 0.2) is 0 Å². The van der Waals surface area contributed by atoms with Gasteiger partial charge in [0.25, 0.3) is 0 Å². The van der Waals surface area contributed by atoms with Crippen LogP contribution >= 0.6 is 0 Å². The third-order valence-corrected chi connectivity index (χ3v) is 4.55. The minimum absolute atomic E-state index is 0.858. The molecule has 0 amide bonds. The number of hydrogen-bond acceptors (Lipinski definition) is 1. The van der Waals surface area contributed by atoms with Crippen LogP contribution in [0.5, 0.6) is 0 Å². The summed E-state index contributed by atoms with van der Waals surface area (Å²) >= 11 is 0. The molecular formula is C20H13N. The van der Waals surface area contributed by atoms with Crippen molar-refractivity contribution in [3.8, 4) is 0 Å². The van der Waals surface area contributed by atoms with Gasteiger partial charge in [0.1, 0.15) is 0 Å². The highest BCUT2D eigenvalue weighted by atomic mass is 14.6. The van der Waals surface area contributed by atoms with Crippen LogP contribution in [0.15, 0.2) is 66.7 Å². The third kappa shape index (κ3) is 1.26. The lowest BCUT2D eigenvalue weighted by atomic mass is 9.89. The largest absolute Gasteiger partial charge is 0.398 e. The second-order valence-corrected chi connectivity index (χ2v) is 5.64. The molecule has 98 valence electrons. The van der Waals surface area contributed by atoms with Crippen molar-refractivity contribution in [2.24, 2.45) is 0 Å². The minimum Gasteiger partial charge on any atom is -0.398 e. The van der Waals surface area contributed by atoms with Gasteiger partial charge in [-0.3, -0.25) is 0 Å². The standard InChI is InChI=1S/C20H13N/c21-17-11-10-13-9-8-12-4-3-7-15-14-5-1-2-6-16(14)20(17)19(13)18(12)15/h1-11H,21H2. The quantitative estimate of drug-likeness (QED) is 0.229. The summed E-state index contributed by atoms with van der Waals surface area (Å²) in [6.45, 7) is 0. The highest BCUT2D eigenvalue weighted by Gasteiger charge is 2.14. The summed E-state index contributed by atoms with van der Waals surface area (Å²) in [4.78, 5) is 0. The first-order valence-electron chi connectivity index (χ1n) is 7.18. The zero-order chi connectivity index (χ0) is 14.0. The molecule has 1 heteroatoms. The van der Waals surface area contributed by atoms with Crippen LogP contribution in [0.2, 0.25) is 0 Å². The Morgan fingerprint density at radius 2 is 1.10 bits per heavy atom. The van der Waals surface area contributed by atoms with Crippen LogP contribution < -0.4 is 5.73 Å². The van der Waals surface area contributed by atoms with Crippen LogP contribution in [-0.2, 0) is 0 Å². The number of nitrogens with two attached hydrogens (primary N) is 1. The van der Waals surface area contributed by atoms with Crippen LogP contribution in [0.25, 0.3) is 43.1 Å². The van der Waals surface area contributed by atoms with Crippen molar-refractivity contribution in [3.05, 3.63) is 66.7 Å². The van der Waals surface area contributed by atoms with Gasteiger partial charge >= 0.3 is 0 Å². The Balaban J connectivity index is 2.34. The van der Waals surface area contributed by atoms with E-state index in [1.807, 2.05) is 6.07 Å². The van der Waals surface area contributed by atoms with E-state index in [0.29, 0.717) is 0 Å². The summed E-state index contributed by atoms with van der Waals surface area (Å²) in [5, 5.41) is 10.2. The fraction of sp³-hybridized carbons (Fsp3) is 0. The van der Waals surface area contributed by atoms with Crippen LogP contribution in [0.3, 0.4) is 0 Å². The molecule has 0 atom stereocenters. The number of fused-ring (bicyclic) bond motifs is 3. The molecule has 0 bridgehead atoms. The van der Waals surface area contributed by atoms with Gasteiger partial charge in [-0.05, 0) is 38.4 Å². The zero-order valence-electron chi connectivity index (χ0n) is 11.4. The topological polar surface area (TPSA) is 26.0 Å². The Labute approximate surface area is 121 Å². The van der Waals surface area contributed by atoms with Gasteiger partial charge < -0.3 is 5.73 Å². The van der Waals surface area contributed by atoms with E-state index in [-0.39, 0.29) is 0 Å². The molecule has 0 radical (unpaired) electrons. The molecule has 5 aromatic carbocycles. The fourth-order valence-electron chi connectivity index (χ4n) is 3.66. The average molecular weight is 267 g/mol. The molecule has 2 N–H and O–H groups in total. The zero-order valence-corrected chi connectivity index (χ0v) is 11.4. The molecule has 0 saturated heterocycles. The van der Waals surface area contributed by atoms with Crippen LogP contribution in [0, 0.1) is 0 Å². The molecule has 21 heavy (non-hydrogen) atoms. The molecule has 0 spiro atoms. The lowest BCUT2D eigenvalue weighted by Gasteiger charge is -2.15. The Bertz CT molecular complexity index is 1140. The van der Waals surface area contributed by atoms with Crippen molar-refractivity contribution < 1.29 is 0 Å². The van der Waals surface area contributed by atoms with E-state index in [2.05, 4.69) is 60.7 Å². The van der Waals surface area contributed by atoms with Gasteiger partial charge in [-0.1, -0.05) is 60.7 Å². The van der Waals surface area contributed by atoms with Crippen LogP contribution in [0.4, 0.5) is 5.69 Å². The molecule has 0 unspecified atom stereocenters. The average Bonchev–Trinajstić information content (AvgIpc) is 2.54. The normalized spacial score (nSPS) is 12.0. The molecule has 0 aliphatic rings. The second kappa shape index (κ2) is 3.64. The Morgan fingerprint density at radius 3 is 1.95 bits per heavy atom. The Kier molecular flexibility index (Phi) is 1.90. The van der Waals surface area contributed by atoms with Crippen molar-refractivity contribution in [1.82, 2.24) is 0 Å². The first kappa shape index (κ1) is 10.9. The highest BCUT2D eigenvalue weighted by molar-refractivity contribution is 6.35. The van der Waals surface area contributed by atoms with Gasteiger partial charge in [0.2, 0.25) is 0 Å². The van der Waals surface area contributed by atoms with Gasteiger partial charge in [0, 0.05) is 16.5 Å². The van der Waals surface area contributed by atoms with E-state index in [1.165, 1.54) is 43.1 Å². The number of hydrogen-bond donors (Lipinski definition) is 1. The van der Waals surface area contributed by atoms with Gasteiger partial charge in [0.05, 0.1) is 0 Å². The summed E-state index contributed by atoms with van der Waals surface area (Å²) in [6, 6.07) is 23.6. The van der Waals surface area contributed by atoms with E-state index < -0.39 is 0 Å². The van der Waals surface area contributed by atoms with E-state index in [0.717, 1.165) is 5.69 Å². The Morgan fingerprint density at radius 1 is 0.476 bits per heavy atom. The molecule has 0 heterocycles. The maximum absolute atomic E-state index is 6.33. The number of benzene rings is 5. The van der Waals surface area contributed by atoms with Gasteiger partial charge in [-0.2, -0.15) is 0 Å². The second-order valence-electron chi connectivity index (χ2n) is 5.64. The molecular weight excluding hydrogens is 254 g/mol. The molecule has 0 aliphatic carbocycles. The van der Waals surface area contributed by atoms with Crippen molar-refractivity contribution in [3.63, 3.8) is 0 Å². The molecule has 0 aliphatic heterocycles. The molecule has 0 saturated carbocycles. The van der Waals surface area contributed by atoms with Crippen molar-refractivity contribution in [2.45, 2.75) is 0 Å². The van der Waals surface area contributed by atoms with Crippen LogP contribution in [0.1, 0.15) is 0 Å². The van der Waals surface area contributed by atoms with E-state index in [9.17, 15) is 0 Å². The number of nitrogen functional groups attached to an aromatic ring is 1. The van der Waals surface area contributed by atoms with E-state index >= 15 is 0 Å². The summed E-state index contributed by atoms with van der Waals surface area (Å²) in [5.74, 6) is 0. The number of rotatable bonds is 0. The van der Waals surface area contributed by atoms with Gasteiger partial charge in [-0.15, -0.1) is 0 Å². The molecule has 1 nitrogen and oxygen atoms in total. The molecule has 0 fully saturated rings. The van der Waals surface area contributed by atoms with E-state index in [4.69, 9.17) is 5.73 Å². The lowest BCUT2D eigenvalue weighted by molar-refractivity contribution is 1.77. The van der Waals surface area contributed by atoms with Crippen LogP contribution in [-0.4, -0.2) is 0 Å². The first-order chi connectivity index (χ1) is 10.3. The maximum Gasteiger partial charge on any atom is 0.0400 e.